The zero-order valence-corrected chi connectivity index (χ0v) is 18.3. The molecular weight excluding hydrogens is 358 g/mol. The molecule has 2 aromatic rings. The fourth-order valence-corrected chi connectivity index (χ4v) is 4.13. The van der Waals surface area contributed by atoms with Crippen LogP contribution in [-0.2, 0) is 6.54 Å². The lowest BCUT2D eigenvalue weighted by Gasteiger charge is -2.40. The maximum atomic E-state index is 13.5. The Morgan fingerprint density at radius 1 is 1.03 bits per heavy atom. The standard InChI is InChI=1S/C25H35N3O/c1-20(2)18-27-16-14-24(15-17-27)28(19-22-12-10-21(3)11-13-22)25(29)26(4)23-8-6-5-7-9-23/h5-13,20,24H,14-19H2,1-4H3. The van der Waals surface area contributed by atoms with Crippen LogP contribution in [0.3, 0.4) is 0 Å². The van der Waals surface area contributed by atoms with Gasteiger partial charge in [-0.3, -0.25) is 4.90 Å². The van der Waals surface area contributed by atoms with Crippen molar-refractivity contribution in [3.05, 3.63) is 65.7 Å². The van der Waals surface area contributed by atoms with Crippen molar-refractivity contribution in [1.29, 1.82) is 0 Å². The molecule has 0 unspecified atom stereocenters. The van der Waals surface area contributed by atoms with Crippen LogP contribution in [0.2, 0.25) is 0 Å². The van der Waals surface area contributed by atoms with Crippen molar-refractivity contribution in [2.45, 2.75) is 46.2 Å². The molecule has 29 heavy (non-hydrogen) atoms. The van der Waals surface area contributed by atoms with Crippen molar-refractivity contribution in [2.24, 2.45) is 5.92 Å². The topological polar surface area (TPSA) is 26.8 Å². The molecule has 1 aliphatic rings. The molecule has 1 aliphatic heterocycles. The molecular formula is C25H35N3O. The molecule has 1 saturated heterocycles. The summed E-state index contributed by atoms with van der Waals surface area (Å²) in [6.45, 7) is 10.6. The Balaban J connectivity index is 1.76. The summed E-state index contributed by atoms with van der Waals surface area (Å²) in [5.74, 6) is 0.682. The number of carbonyl (C=O) groups is 1. The van der Waals surface area contributed by atoms with E-state index in [1.165, 1.54) is 11.1 Å². The van der Waals surface area contributed by atoms with E-state index >= 15 is 0 Å². The number of nitrogens with zero attached hydrogens (tertiary/aromatic N) is 3. The van der Waals surface area contributed by atoms with Crippen molar-refractivity contribution < 1.29 is 4.79 Å². The van der Waals surface area contributed by atoms with E-state index < -0.39 is 0 Å². The van der Waals surface area contributed by atoms with E-state index in [-0.39, 0.29) is 12.1 Å². The largest absolute Gasteiger partial charge is 0.324 e. The number of para-hydroxylation sites is 1. The summed E-state index contributed by atoms with van der Waals surface area (Å²) in [6.07, 6.45) is 2.07. The van der Waals surface area contributed by atoms with E-state index in [1.807, 2.05) is 37.4 Å². The summed E-state index contributed by atoms with van der Waals surface area (Å²) in [5.41, 5.74) is 3.37. The van der Waals surface area contributed by atoms with Crippen molar-refractivity contribution in [3.8, 4) is 0 Å². The Kier molecular flexibility index (Phi) is 7.32. The van der Waals surface area contributed by atoms with E-state index in [0.29, 0.717) is 12.5 Å². The maximum Gasteiger partial charge on any atom is 0.324 e. The van der Waals surface area contributed by atoms with Crippen molar-refractivity contribution in [3.63, 3.8) is 0 Å². The highest BCUT2D eigenvalue weighted by Gasteiger charge is 2.30. The van der Waals surface area contributed by atoms with Gasteiger partial charge < -0.3 is 9.80 Å². The molecule has 0 saturated carbocycles. The zero-order chi connectivity index (χ0) is 20.8. The monoisotopic (exact) mass is 393 g/mol. The van der Waals surface area contributed by atoms with Gasteiger partial charge in [0.25, 0.3) is 0 Å². The molecule has 0 aliphatic carbocycles. The van der Waals surface area contributed by atoms with E-state index in [1.54, 1.807) is 4.90 Å². The molecule has 4 heteroatoms. The number of hydrogen-bond donors (Lipinski definition) is 0. The highest BCUT2D eigenvalue weighted by molar-refractivity contribution is 5.91. The SMILES string of the molecule is Cc1ccc(CN(C(=O)N(C)c2ccccc2)C2CCN(CC(C)C)CC2)cc1. The van der Waals surface area contributed by atoms with E-state index in [9.17, 15) is 4.79 Å². The number of rotatable bonds is 6. The first-order valence-electron chi connectivity index (χ1n) is 10.8. The Morgan fingerprint density at radius 3 is 2.24 bits per heavy atom. The Hall–Kier alpha value is -2.33. The van der Waals surface area contributed by atoms with Gasteiger partial charge in [0.1, 0.15) is 0 Å². The van der Waals surface area contributed by atoms with Crippen LogP contribution in [0.4, 0.5) is 10.5 Å². The summed E-state index contributed by atoms with van der Waals surface area (Å²) in [7, 11) is 1.88. The second kappa shape index (κ2) is 9.93. The molecule has 156 valence electrons. The number of hydrogen-bond acceptors (Lipinski definition) is 2. The van der Waals surface area contributed by atoms with E-state index in [2.05, 4.69) is 54.8 Å². The number of benzene rings is 2. The van der Waals surface area contributed by atoms with Crippen LogP contribution in [0, 0.1) is 12.8 Å². The minimum Gasteiger partial charge on any atom is -0.317 e. The van der Waals surface area contributed by atoms with Gasteiger partial charge in [0.2, 0.25) is 0 Å². The van der Waals surface area contributed by atoms with Crippen molar-refractivity contribution in [2.75, 3.05) is 31.6 Å². The van der Waals surface area contributed by atoms with Gasteiger partial charge in [-0.25, -0.2) is 4.79 Å². The Labute approximate surface area is 176 Å². The third-order valence-corrected chi connectivity index (χ3v) is 5.77. The normalized spacial score (nSPS) is 15.5. The molecule has 0 bridgehead atoms. The first-order valence-corrected chi connectivity index (χ1v) is 10.8. The fourth-order valence-electron chi connectivity index (χ4n) is 4.13. The summed E-state index contributed by atoms with van der Waals surface area (Å²) in [6, 6.07) is 18.8. The molecule has 0 aromatic heterocycles. The number of carbonyl (C=O) groups excluding carboxylic acids is 1. The molecule has 0 spiro atoms. The van der Waals surface area contributed by atoms with Gasteiger partial charge in [-0.15, -0.1) is 0 Å². The van der Waals surface area contributed by atoms with Crippen LogP contribution in [0.1, 0.15) is 37.8 Å². The fraction of sp³-hybridized carbons (Fsp3) is 0.480. The quantitative estimate of drug-likeness (QED) is 0.676. The lowest BCUT2D eigenvalue weighted by molar-refractivity contribution is 0.114. The van der Waals surface area contributed by atoms with Gasteiger partial charge >= 0.3 is 6.03 Å². The smallest absolute Gasteiger partial charge is 0.317 e. The summed E-state index contributed by atoms with van der Waals surface area (Å²) in [4.78, 5) is 19.9. The molecule has 1 heterocycles. The van der Waals surface area contributed by atoms with E-state index in [4.69, 9.17) is 0 Å². The molecule has 3 rings (SSSR count). The number of piperidine rings is 1. The molecule has 0 radical (unpaired) electrons. The van der Waals surface area contributed by atoms with E-state index in [0.717, 1.165) is 38.2 Å². The minimum absolute atomic E-state index is 0.0825. The van der Waals surface area contributed by atoms with Gasteiger partial charge in [-0.2, -0.15) is 0 Å². The third-order valence-electron chi connectivity index (χ3n) is 5.77. The predicted octanol–water partition coefficient (Wildman–Crippen LogP) is 5.17. The lowest BCUT2D eigenvalue weighted by atomic mass is 10.0. The summed E-state index contributed by atoms with van der Waals surface area (Å²) >= 11 is 0. The molecule has 0 N–H and O–H groups in total. The van der Waals surface area contributed by atoms with Crippen LogP contribution < -0.4 is 4.90 Å². The molecule has 0 atom stereocenters. The minimum atomic E-state index is 0.0825. The van der Waals surface area contributed by atoms with Crippen LogP contribution in [0.25, 0.3) is 0 Å². The Morgan fingerprint density at radius 2 is 1.66 bits per heavy atom. The van der Waals surface area contributed by atoms with Crippen LogP contribution in [0.15, 0.2) is 54.6 Å². The van der Waals surface area contributed by atoms with Gasteiger partial charge in [-0.05, 0) is 43.4 Å². The average molecular weight is 394 g/mol. The second-order valence-corrected chi connectivity index (χ2v) is 8.72. The van der Waals surface area contributed by atoms with Gasteiger partial charge in [0.15, 0.2) is 0 Å². The molecule has 4 nitrogen and oxygen atoms in total. The number of aryl methyl sites for hydroxylation is 1. The summed E-state index contributed by atoms with van der Waals surface area (Å²) < 4.78 is 0. The second-order valence-electron chi connectivity index (χ2n) is 8.72. The number of urea groups is 1. The van der Waals surface area contributed by atoms with Gasteiger partial charge in [0, 0.05) is 45.0 Å². The van der Waals surface area contributed by atoms with Crippen molar-refractivity contribution >= 4 is 11.7 Å². The molecule has 1 fully saturated rings. The third kappa shape index (κ3) is 5.83. The predicted molar refractivity (Wildman–Crippen MR) is 121 cm³/mol. The maximum absolute atomic E-state index is 13.5. The van der Waals surface area contributed by atoms with Crippen LogP contribution >= 0.6 is 0 Å². The highest BCUT2D eigenvalue weighted by Crippen LogP contribution is 2.23. The summed E-state index contributed by atoms with van der Waals surface area (Å²) in [5, 5.41) is 0. The molecule has 2 amide bonds. The number of likely N-dealkylation sites (tertiary alicyclic amines) is 1. The number of anilines is 1. The first-order chi connectivity index (χ1) is 13.9. The zero-order valence-electron chi connectivity index (χ0n) is 18.3. The Bertz CT molecular complexity index is 764. The van der Waals surface area contributed by atoms with Crippen LogP contribution in [0.5, 0.6) is 0 Å². The first kappa shape index (κ1) is 21.4. The average Bonchev–Trinajstić information content (AvgIpc) is 2.73. The van der Waals surface area contributed by atoms with Crippen LogP contribution in [-0.4, -0.2) is 48.6 Å². The lowest BCUT2D eigenvalue weighted by Crippen LogP contribution is -2.51. The highest BCUT2D eigenvalue weighted by atomic mass is 16.2. The van der Waals surface area contributed by atoms with Gasteiger partial charge in [-0.1, -0.05) is 61.9 Å². The molecule has 2 aromatic carbocycles. The number of amides is 2. The van der Waals surface area contributed by atoms with Gasteiger partial charge in [0.05, 0.1) is 0 Å². The van der Waals surface area contributed by atoms with Crippen molar-refractivity contribution in [1.82, 2.24) is 9.80 Å².